The molecule has 1 aliphatic heterocycles. The van der Waals surface area contributed by atoms with Gasteiger partial charge in [-0.1, -0.05) is 46.4 Å². The third-order valence-corrected chi connectivity index (χ3v) is 8.79. The van der Waals surface area contributed by atoms with Crippen molar-refractivity contribution in [3.05, 3.63) is 87.7 Å². The number of ether oxygens (including phenoxy) is 1. The van der Waals surface area contributed by atoms with Gasteiger partial charge in [0, 0.05) is 34.0 Å². The summed E-state index contributed by atoms with van der Waals surface area (Å²) >= 11 is 6.14. The summed E-state index contributed by atoms with van der Waals surface area (Å²) in [6.07, 6.45) is 3.17. The number of carbonyl (C=O) groups is 1. The highest BCUT2D eigenvalue weighted by atomic mass is 35.5. The third-order valence-electron chi connectivity index (χ3n) is 8.54. The van der Waals surface area contributed by atoms with Crippen LogP contribution in [-0.2, 0) is 16.9 Å². The van der Waals surface area contributed by atoms with E-state index in [1.165, 1.54) is 0 Å². The van der Waals surface area contributed by atoms with Gasteiger partial charge in [-0.15, -0.1) is 5.12 Å². The molecule has 0 spiro atoms. The topological polar surface area (TPSA) is 107 Å². The molecule has 1 aromatic heterocycles. The van der Waals surface area contributed by atoms with Crippen LogP contribution in [0.3, 0.4) is 0 Å². The molecule has 6 rings (SSSR count). The number of amides is 1. The van der Waals surface area contributed by atoms with Crippen molar-refractivity contribution in [3.8, 4) is 17.2 Å². The SMILES string of the molecule is N#Cc1cccc(C[C@@]2(OCC3(CO)CC3)c3ccc(-c4ccc(Cl)cc4)c(C(CO)C4CC4)c3C(=O)N2F)n1. The summed E-state index contributed by atoms with van der Waals surface area (Å²) in [5.41, 5.74) is 0.909. The summed E-state index contributed by atoms with van der Waals surface area (Å²) in [6, 6.07) is 17.7. The maximum atomic E-state index is 16.5. The average molecular weight is 562 g/mol. The van der Waals surface area contributed by atoms with Crippen molar-refractivity contribution in [1.29, 1.82) is 5.26 Å². The largest absolute Gasteiger partial charge is 0.396 e. The van der Waals surface area contributed by atoms with Crippen LogP contribution in [0.2, 0.25) is 5.02 Å². The Labute approximate surface area is 236 Å². The van der Waals surface area contributed by atoms with Gasteiger partial charge in [0.05, 0.1) is 25.4 Å². The number of benzene rings is 2. The molecule has 40 heavy (non-hydrogen) atoms. The molecule has 2 atom stereocenters. The van der Waals surface area contributed by atoms with E-state index in [9.17, 15) is 20.3 Å². The van der Waals surface area contributed by atoms with Crippen LogP contribution in [0.4, 0.5) is 4.48 Å². The first kappa shape index (κ1) is 26.9. The Bertz CT molecular complexity index is 1500. The number of hydrogen-bond donors (Lipinski definition) is 2. The van der Waals surface area contributed by atoms with E-state index in [1.807, 2.05) is 24.3 Å². The molecule has 1 amide bonds. The summed E-state index contributed by atoms with van der Waals surface area (Å²) in [7, 11) is 0. The first-order chi connectivity index (χ1) is 19.3. The number of aliphatic hydroxyl groups is 2. The highest BCUT2D eigenvalue weighted by Gasteiger charge is 2.56. The molecule has 2 fully saturated rings. The van der Waals surface area contributed by atoms with E-state index in [-0.39, 0.29) is 54.5 Å². The van der Waals surface area contributed by atoms with Gasteiger partial charge < -0.3 is 14.9 Å². The number of aromatic nitrogens is 1. The summed E-state index contributed by atoms with van der Waals surface area (Å²) in [5, 5.41) is 30.6. The van der Waals surface area contributed by atoms with Gasteiger partial charge in [-0.3, -0.25) is 4.79 Å². The minimum atomic E-state index is -1.85. The molecular formula is C31H29ClFN3O4. The zero-order valence-corrected chi connectivity index (χ0v) is 22.6. The van der Waals surface area contributed by atoms with Gasteiger partial charge >= 0.3 is 0 Å². The Balaban J connectivity index is 1.55. The second-order valence-corrected chi connectivity index (χ2v) is 11.6. The van der Waals surface area contributed by atoms with E-state index in [1.54, 1.807) is 36.4 Å². The van der Waals surface area contributed by atoms with Crippen LogP contribution < -0.4 is 0 Å². The molecule has 2 aliphatic carbocycles. The van der Waals surface area contributed by atoms with Gasteiger partial charge in [0.15, 0.2) is 0 Å². The standard InChI is InChI=1S/C31H29ClFN3O4/c32-21-8-6-19(7-9-21)24-10-11-26-28(27(24)25(16-37)20-4-5-20)29(39)36(33)31(26,40-18-30(17-38)12-13-30)14-22-2-1-3-23(15-34)35-22/h1-3,6-11,20,25,37-38H,4-5,12-14,16-18H2/t25?,31-/m1/s1. The molecule has 7 nitrogen and oxygen atoms in total. The highest BCUT2D eigenvalue weighted by molar-refractivity contribution is 6.30. The van der Waals surface area contributed by atoms with Crippen LogP contribution in [0, 0.1) is 22.7 Å². The normalized spacial score (nSPS) is 21.7. The molecule has 2 saturated carbocycles. The quantitative estimate of drug-likeness (QED) is 0.326. The van der Waals surface area contributed by atoms with Gasteiger partial charge in [-0.2, -0.15) is 5.26 Å². The number of rotatable bonds is 10. The molecule has 1 unspecified atom stereocenters. The van der Waals surface area contributed by atoms with Crippen molar-refractivity contribution < 1.29 is 24.2 Å². The van der Waals surface area contributed by atoms with Crippen molar-refractivity contribution >= 4 is 17.5 Å². The van der Waals surface area contributed by atoms with Gasteiger partial charge in [-0.25, -0.2) is 4.98 Å². The van der Waals surface area contributed by atoms with Crippen LogP contribution in [-0.4, -0.2) is 46.0 Å². The van der Waals surface area contributed by atoms with E-state index in [2.05, 4.69) is 4.98 Å². The zero-order chi connectivity index (χ0) is 28.1. The lowest BCUT2D eigenvalue weighted by Crippen LogP contribution is -2.44. The van der Waals surface area contributed by atoms with Gasteiger partial charge in [0.1, 0.15) is 11.8 Å². The number of nitriles is 1. The smallest absolute Gasteiger partial charge is 0.285 e. The molecule has 2 heterocycles. The van der Waals surface area contributed by atoms with Crippen molar-refractivity contribution in [2.45, 2.75) is 43.7 Å². The second kappa shape index (κ2) is 10.2. The number of pyridine rings is 1. The van der Waals surface area contributed by atoms with Crippen LogP contribution in [0.15, 0.2) is 54.6 Å². The number of aliphatic hydroxyl groups excluding tert-OH is 2. The van der Waals surface area contributed by atoms with Crippen molar-refractivity contribution in [2.24, 2.45) is 11.3 Å². The van der Waals surface area contributed by atoms with Crippen LogP contribution in [0.5, 0.6) is 0 Å². The lowest BCUT2D eigenvalue weighted by molar-refractivity contribution is -0.215. The summed E-state index contributed by atoms with van der Waals surface area (Å²) in [5.74, 6) is -1.02. The number of halogens is 2. The molecule has 206 valence electrons. The molecule has 3 aromatic rings. The third kappa shape index (κ3) is 4.57. The Morgan fingerprint density at radius 3 is 2.52 bits per heavy atom. The van der Waals surface area contributed by atoms with E-state index >= 15 is 4.48 Å². The Morgan fingerprint density at radius 2 is 1.90 bits per heavy atom. The second-order valence-electron chi connectivity index (χ2n) is 11.2. The zero-order valence-electron chi connectivity index (χ0n) is 21.8. The van der Waals surface area contributed by atoms with Gasteiger partial charge in [0.2, 0.25) is 5.72 Å². The fourth-order valence-corrected chi connectivity index (χ4v) is 5.94. The average Bonchev–Trinajstić information content (AvgIpc) is 3.91. The van der Waals surface area contributed by atoms with Crippen molar-refractivity contribution in [1.82, 2.24) is 10.1 Å². The predicted molar refractivity (Wildman–Crippen MR) is 146 cm³/mol. The van der Waals surface area contributed by atoms with Crippen LogP contribution in [0.1, 0.15) is 64.5 Å². The highest BCUT2D eigenvalue weighted by Crippen LogP contribution is 2.54. The maximum absolute atomic E-state index is 16.5. The molecule has 0 radical (unpaired) electrons. The molecule has 3 aliphatic rings. The van der Waals surface area contributed by atoms with Gasteiger partial charge in [-0.05, 0) is 72.6 Å². The van der Waals surface area contributed by atoms with E-state index in [4.69, 9.17) is 16.3 Å². The molecule has 0 bridgehead atoms. The minimum Gasteiger partial charge on any atom is -0.396 e. The van der Waals surface area contributed by atoms with Crippen molar-refractivity contribution in [2.75, 3.05) is 19.8 Å². The van der Waals surface area contributed by atoms with E-state index < -0.39 is 17.0 Å². The fraction of sp³-hybridized carbons (Fsp3) is 0.387. The number of fused-ring (bicyclic) bond motifs is 1. The minimum absolute atomic E-state index is 0.0505. The maximum Gasteiger partial charge on any atom is 0.285 e. The first-order valence-electron chi connectivity index (χ1n) is 13.5. The number of carbonyl (C=O) groups excluding carboxylic acids is 1. The fourth-order valence-electron chi connectivity index (χ4n) is 5.82. The van der Waals surface area contributed by atoms with Gasteiger partial charge in [0.25, 0.3) is 5.91 Å². The Morgan fingerprint density at radius 1 is 1.15 bits per heavy atom. The van der Waals surface area contributed by atoms with E-state index in [0.717, 1.165) is 36.8 Å². The van der Waals surface area contributed by atoms with Crippen molar-refractivity contribution in [3.63, 3.8) is 0 Å². The predicted octanol–water partition coefficient (Wildman–Crippen LogP) is 5.28. The molecular weight excluding hydrogens is 533 g/mol. The number of nitrogens with zero attached hydrogens (tertiary/aromatic N) is 3. The summed E-state index contributed by atoms with van der Waals surface area (Å²) in [4.78, 5) is 18.3. The monoisotopic (exact) mass is 561 g/mol. The lowest BCUT2D eigenvalue weighted by Gasteiger charge is -2.34. The molecule has 9 heteroatoms. The lowest BCUT2D eigenvalue weighted by atomic mass is 9.81. The Kier molecular flexibility index (Phi) is 6.87. The Hall–Kier alpha value is -3.35. The first-order valence-corrected chi connectivity index (χ1v) is 13.9. The number of hydrogen-bond acceptors (Lipinski definition) is 6. The summed E-state index contributed by atoms with van der Waals surface area (Å²) in [6.45, 7) is -0.239. The van der Waals surface area contributed by atoms with Crippen LogP contribution >= 0.6 is 11.6 Å². The van der Waals surface area contributed by atoms with Crippen LogP contribution in [0.25, 0.3) is 11.1 Å². The molecule has 2 aromatic carbocycles. The van der Waals surface area contributed by atoms with E-state index in [0.29, 0.717) is 21.8 Å². The molecule has 2 N–H and O–H groups in total. The molecule has 0 saturated heterocycles. The summed E-state index contributed by atoms with van der Waals surface area (Å²) < 4.78 is 22.8.